The van der Waals surface area contributed by atoms with Crippen LogP contribution in [0.25, 0.3) is 0 Å². The molecule has 2 rings (SSSR count). The summed E-state index contributed by atoms with van der Waals surface area (Å²) in [6.07, 6.45) is 2.53. The van der Waals surface area contributed by atoms with Crippen LogP contribution in [0.4, 0.5) is 4.39 Å². The number of halogens is 1. The van der Waals surface area contributed by atoms with Gasteiger partial charge in [-0.15, -0.1) is 0 Å². The first-order valence-corrected chi connectivity index (χ1v) is 7.12. The van der Waals surface area contributed by atoms with Crippen molar-refractivity contribution in [3.8, 4) is 0 Å². The van der Waals surface area contributed by atoms with E-state index >= 15 is 0 Å². The number of aliphatic hydroxyl groups is 1. The molecule has 1 unspecified atom stereocenters. The Kier molecular flexibility index (Phi) is 4.58. The number of nitrogens with zero attached hydrogens (tertiary/aromatic N) is 1. The van der Waals surface area contributed by atoms with Crippen molar-refractivity contribution < 1.29 is 9.50 Å². The Bertz CT molecular complexity index is 409. The maximum absolute atomic E-state index is 13.1. The third-order valence-corrected chi connectivity index (χ3v) is 4.16. The number of hydrogen-bond donors (Lipinski definition) is 1. The van der Waals surface area contributed by atoms with Crippen LogP contribution in [0.1, 0.15) is 44.8 Å². The van der Waals surface area contributed by atoms with E-state index in [4.69, 9.17) is 0 Å². The van der Waals surface area contributed by atoms with Crippen molar-refractivity contribution >= 4 is 0 Å². The molecule has 1 atom stereocenters. The van der Waals surface area contributed by atoms with Gasteiger partial charge in [-0.25, -0.2) is 4.39 Å². The predicted octanol–water partition coefficient (Wildman–Crippen LogP) is 3.37. The first kappa shape index (κ1) is 14.5. The van der Waals surface area contributed by atoms with E-state index in [1.165, 1.54) is 25.0 Å². The lowest BCUT2D eigenvalue weighted by atomic mass is 9.82. The Morgan fingerprint density at radius 2 is 2.00 bits per heavy atom. The molecule has 1 N–H and O–H groups in total. The standard InChI is InChI=1S/C16H24FNO/c1-16(2)7-10-18(11-8-16)9-6-15(19)13-4-3-5-14(17)12-13/h3-5,12,15,19H,6-11H2,1-2H3. The van der Waals surface area contributed by atoms with Crippen LogP contribution in [0.15, 0.2) is 24.3 Å². The predicted molar refractivity (Wildman–Crippen MR) is 75.4 cm³/mol. The van der Waals surface area contributed by atoms with Gasteiger partial charge in [0.05, 0.1) is 6.10 Å². The monoisotopic (exact) mass is 265 g/mol. The fraction of sp³-hybridized carbons (Fsp3) is 0.625. The molecule has 1 aliphatic heterocycles. The SMILES string of the molecule is CC1(C)CCN(CCC(O)c2cccc(F)c2)CC1. The third kappa shape index (κ3) is 4.29. The number of rotatable bonds is 4. The zero-order valence-electron chi connectivity index (χ0n) is 11.9. The summed E-state index contributed by atoms with van der Waals surface area (Å²) >= 11 is 0. The molecule has 19 heavy (non-hydrogen) atoms. The summed E-state index contributed by atoms with van der Waals surface area (Å²) in [5, 5.41) is 10.1. The van der Waals surface area contributed by atoms with Gasteiger partial charge in [0.15, 0.2) is 0 Å². The number of aliphatic hydroxyl groups excluding tert-OH is 1. The molecule has 0 aliphatic carbocycles. The average Bonchev–Trinajstić information content (AvgIpc) is 2.37. The highest BCUT2D eigenvalue weighted by Gasteiger charge is 2.25. The molecule has 1 saturated heterocycles. The minimum atomic E-state index is -0.564. The van der Waals surface area contributed by atoms with Crippen molar-refractivity contribution in [2.75, 3.05) is 19.6 Å². The van der Waals surface area contributed by atoms with Gasteiger partial charge in [-0.3, -0.25) is 0 Å². The summed E-state index contributed by atoms with van der Waals surface area (Å²) < 4.78 is 13.1. The summed E-state index contributed by atoms with van der Waals surface area (Å²) in [6, 6.07) is 6.26. The van der Waals surface area contributed by atoms with Crippen LogP contribution in [-0.4, -0.2) is 29.6 Å². The maximum atomic E-state index is 13.1. The van der Waals surface area contributed by atoms with Crippen LogP contribution in [0.5, 0.6) is 0 Å². The van der Waals surface area contributed by atoms with Gasteiger partial charge in [-0.1, -0.05) is 26.0 Å². The van der Waals surface area contributed by atoms with E-state index in [-0.39, 0.29) is 5.82 Å². The van der Waals surface area contributed by atoms with E-state index < -0.39 is 6.10 Å². The van der Waals surface area contributed by atoms with Gasteiger partial charge in [0.1, 0.15) is 5.82 Å². The summed E-state index contributed by atoms with van der Waals surface area (Å²) in [6.45, 7) is 7.71. The third-order valence-electron chi connectivity index (χ3n) is 4.16. The molecule has 0 spiro atoms. The Labute approximate surface area is 115 Å². The molecule has 3 heteroatoms. The fourth-order valence-corrected chi connectivity index (χ4v) is 2.57. The summed E-state index contributed by atoms with van der Waals surface area (Å²) in [5.74, 6) is -0.281. The van der Waals surface area contributed by atoms with Crippen molar-refractivity contribution in [2.45, 2.75) is 39.2 Å². The molecule has 106 valence electrons. The van der Waals surface area contributed by atoms with E-state index in [0.29, 0.717) is 17.4 Å². The summed E-state index contributed by atoms with van der Waals surface area (Å²) in [7, 11) is 0. The van der Waals surface area contributed by atoms with E-state index in [1.54, 1.807) is 12.1 Å². The second kappa shape index (κ2) is 6.02. The fourth-order valence-electron chi connectivity index (χ4n) is 2.57. The Morgan fingerprint density at radius 3 is 2.63 bits per heavy atom. The lowest BCUT2D eigenvalue weighted by molar-refractivity contribution is 0.101. The number of piperidine rings is 1. The summed E-state index contributed by atoms with van der Waals surface area (Å²) in [5.41, 5.74) is 1.13. The Hall–Kier alpha value is -0.930. The largest absolute Gasteiger partial charge is 0.388 e. The van der Waals surface area contributed by atoms with Crippen LogP contribution >= 0.6 is 0 Å². The van der Waals surface area contributed by atoms with Crippen molar-refractivity contribution in [3.05, 3.63) is 35.6 Å². The maximum Gasteiger partial charge on any atom is 0.123 e. The number of benzene rings is 1. The van der Waals surface area contributed by atoms with Gasteiger partial charge in [0.25, 0.3) is 0 Å². The molecule has 1 aliphatic rings. The van der Waals surface area contributed by atoms with Crippen LogP contribution in [-0.2, 0) is 0 Å². The molecule has 1 heterocycles. The van der Waals surface area contributed by atoms with Gasteiger partial charge >= 0.3 is 0 Å². The van der Waals surface area contributed by atoms with Gasteiger partial charge < -0.3 is 10.0 Å². The minimum absolute atomic E-state index is 0.281. The van der Waals surface area contributed by atoms with Crippen LogP contribution in [0.2, 0.25) is 0 Å². The topological polar surface area (TPSA) is 23.5 Å². The van der Waals surface area contributed by atoms with Crippen molar-refractivity contribution in [2.24, 2.45) is 5.41 Å². The molecule has 1 aromatic carbocycles. The van der Waals surface area contributed by atoms with Crippen LogP contribution in [0, 0.1) is 11.2 Å². The molecule has 0 saturated carbocycles. The Balaban J connectivity index is 1.80. The normalized spacial score (nSPS) is 21.3. The van der Waals surface area contributed by atoms with E-state index in [1.807, 2.05) is 0 Å². The zero-order valence-corrected chi connectivity index (χ0v) is 11.9. The average molecular weight is 265 g/mol. The molecular formula is C16H24FNO. The first-order valence-electron chi connectivity index (χ1n) is 7.12. The quantitative estimate of drug-likeness (QED) is 0.902. The van der Waals surface area contributed by atoms with Crippen LogP contribution in [0.3, 0.4) is 0 Å². The second-order valence-corrected chi connectivity index (χ2v) is 6.37. The number of likely N-dealkylation sites (tertiary alicyclic amines) is 1. The molecule has 0 radical (unpaired) electrons. The Morgan fingerprint density at radius 1 is 1.32 bits per heavy atom. The van der Waals surface area contributed by atoms with Crippen molar-refractivity contribution in [1.29, 1.82) is 0 Å². The van der Waals surface area contributed by atoms with Gasteiger partial charge in [0.2, 0.25) is 0 Å². The highest BCUT2D eigenvalue weighted by atomic mass is 19.1. The molecular weight excluding hydrogens is 241 g/mol. The highest BCUT2D eigenvalue weighted by molar-refractivity contribution is 5.18. The van der Waals surface area contributed by atoms with Gasteiger partial charge in [0, 0.05) is 6.54 Å². The minimum Gasteiger partial charge on any atom is -0.388 e. The zero-order chi connectivity index (χ0) is 13.9. The van der Waals surface area contributed by atoms with Crippen LogP contribution < -0.4 is 0 Å². The molecule has 0 aromatic heterocycles. The van der Waals surface area contributed by atoms with E-state index in [0.717, 1.165) is 19.6 Å². The van der Waals surface area contributed by atoms with Crippen molar-refractivity contribution in [3.63, 3.8) is 0 Å². The molecule has 2 nitrogen and oxygen atoms in total. The number of hydrogen-bond acceptors (Lipinski definition) is 2. The van der Waals surface area contributed by atoms with Gasteiger partial charge in [-0.2, -0.15) is 0 Å². The second-order valence-electron chi connectivity index (χ2n) is 6.37. The van der Waals surface area contributed by atoms with Gasteiger partial charge in [-0.05, 0) is 55.5 Å². The van der Waals surface area contributed by atoms with E-state index in [2.05, 4.69) is 18.7 Å². The summed E-state index contributed by atoms with van der Waals surface area (Å²) in [4.78, 5) is 2.40. The molecule has 1 aromatic rings. The first-order chi connectivity index (χ1) is 8.96. The highest BCUT2D eigenvalue weighted by Crippen LogP contribution is 2.30. The van der Waals surface area contributed by atoms with Crippen molar-refractivity contribution in [1.82, 2.24) is 4.90 Å². The molecule has 0 bridgehead atoms. The molecule has 1 fully saturated rings. The lowest BCUT2D eigenvalue weighted by Gasteiger charge is -2.37. The smallest absolute Gasteiger partial charge is 0.123 e. The lowest BCUT2D eigenvalue weighted by Crippen LogP contribution is -2.38. The van der Waals surface area contributed by atoms with E-state index in [9.17, 15) is 9.50 Å². The molecule has 0 amide bonds.